The molecule has 0 radical (unpaired) electrons. The van der Waals surface area contributed by atoms with Gasteiger partial charge in [-0.25, -0.2) is 9.18 Å². The van der Waals surface area contributed by atoms with Crippen molar-refractivity contribution in [1.29, 1.82) is 0 Å². The Kier molecular flexibility index (Phi) is 5.29. The molecule has 1 aliphatic heterocycles. The summed E-state index contributed by atoms with van der Waals surface area (Å²) in [5.41, 5.74) is 3.81. The number of aromatic nitrogens is 2. The van der Waals surface area contributed by atoms with Gasteiger partial charge >= 0.3 is 6.03 Å². The molecule has 0 aliphatic carbocycles. The molecule has 1 aliphatic rings. The van der Waals surface area contributed by atoms with Crippen LogP contribution in [0.1, 0.15) is 35.8 Å². The maximum Gasteiger partial charge on any atom is 0.321 e. The Morgan fingerprint density at radius 1 is 1.17 bits per heavy atom. The summed E-state index contributed by atoms with van der Waals surface area (Å²) < 4.78 is 18.6. The Bertz CT molecular complexity index is 1020. The highest BCUT2D eigenvalue weighted by molar-refractivity contribution is 5.89. The van der Waals surface area contributed by atoms with Crippen LogP contribution in [0.4, 0.5) is 14.9 Å². The zero-order chi connectivity index (χ0) is 20.4. The molecule has 1 aromatic heterocycles. The highest BCUT2D eigenvalue weighted by atomic mass is 19.1. The van der Waals surface area contributed by atoms with Gasteiger partial charge in [-0.3, -0.25) is 0 Å². The normalized spacial score (nSPS) is 16.7. The van der Waals surface area contributed by atoms with Gasteiger partial charge in [-0.2, -0.15) is 4.98 Å². The van der Waals surface area contributed by atoms with Gasteiger partial charge in [0.15, 0.2) is 0 Å². The number of carbonyl (C=O) groups is 1. The summed E-state index contributed by atoms with van der Waals surface area (Å²) in [4.78, 5) is 19.0. The van der Waals surface area contributed by atoms with E-state index in [9.17, 15) is 9.18 Å². The minimum Gasteiger partial charge on any atom is -0.339 e. The van der Waals surface area contributed by atoms with Crippen LogP contribution in [0.25, 0.3) is 11.4 Å². The maximum atomic E-state index is 13.1. The van der Waals surface area contributed by atoms with Gasteiger partial charge in [-0.15, -0.1) is 0 Å². The number of urea groups is 1. The fourth-order valence-electron chi connectivity index (χ4n) is 3.50. The Morgan fingerprint density at radius 3 is 2.72 bits per heavy atom. The Morgan fingerprint density at radius 2 is 1.97 bits per heavy atom. The number of hydrogen-bond acceptors (Lipinski definition) is 4. The summed E-state index contributed by atoms with van der Waals surface area (Å²) in [5.74, 6) is 0.607. The van der Waals surface area contributed by atoms with E-state index in [2.05, 4.69) is 15.5 Å². The maximum absolute atomic E-state index is 13.1. The van der Waals surface area contributed by atoms with E-state index in [1.165, 1.54) is 17.7 Å². The molecular weight excluding hydrogens is 371 g/mol. The van der Waals surface area contributed by atoms with Crippen molar-refractivity contribution in [1.82, 2.24) is 15.0 Å². The van der Waals surface area contributed by atoms with Gasteiger partial charge in [0.25, 0.3) is 0 Å². The van der Waals surface area contributed by atoms with Crippen molar-refractivity contribution in [3.63, 3.8) is 0 Å². The number of hydrogen-bond donors (Lipinski definition) is 1. The van der Waals surface area contributed by atoms with E-state index >= 15 is 0 Å². The summed E-state index contributed by atoms with van der Waals surface area (Å²) in [7, 11) is 0. The summed E-state index contributed by atoms with van der Waals surface area (Å²) in [6.07, 6.45) is 1.73. The average Bonchev–Trinajstić information content (AvgIpc) is 3.22. The smallest absolute Gasteiger partial charge is 0.321 e. The van der Waals surface area contributed by atoms with E-state index in [0.717, 1.165) is 24.1 Å². The summed E-state index contributed by atoms with van der Waals surface area (Å²) in [6, 6.07) is 11.7. The second-order valence-corrected chi connectivity index (χ2v) is 7.48. The van der Waals surface area contributed by atoms with Crippen LogP contribution in [0.5, 0.6) is 0 Å². The van der Waals surface area contributed by atoms with Crippen molar-refractivity contribution in [2.45, 2.75) is 32.6 Å². The van der Waals surface area contributed by atoms with E-state index in [1.807, 2.05) is 32.0 Å². The van der Waals surface area contributed by atoms with Crippen LogP contribution < -0.4 is 5.32 Å². The number of nitrogens with zero attached hydrogens (tertiary/aromatic N) is 3. The number of benzene rings is 2. The minimum absolute atomic E-state index is 0.0176. The van der Waals surface area contributed by atoms with Gasteiger partial charge in [0, 0.05) is 24.3 Å². The average molecular weight is 394 g/mol. The van der Waals surface area contributed by atoms with Gasteiger partial charge in [-0.05, 0) is 74.2 Å². The van der Waals surface area contributed by atoms with E-state index < -0.39 is 0 Å². The first-order chi connectivity index (χ1) is 14.0. The zero-order valence-electron chi connectivity index (χ0n) is 16.5. The molecule has 0 spiro atoms. The SMILES string of the molecule is Cc1ccc(NC(=O)N2CCCC(c3nc(-c4ccc(F)cc4)no3)C2)cc1C. The molecule has 4 rings (SSSR count). The largest absolute Gasteiger partial charge is 0.339 e. The predicted octanol–water partition coefficient (Wildman–Crippen LogP) is 4.90. The first-order valence-electron chi connectivity index (χ1n) is 9.72. The van der Waals surface area contributed by atoms with Crippen LogP contribution in [0.2, 0.25) is 0 Å². The lowest BCUT2D eigenvalue weighted by molar-refractivity contribution is 0.184. The molecular formula is C22H23FN4O2. The third-order valence-corrected chi connectivity index (χ3v) is 5.36. The van der Waals surface area contributed by atoms with E-state index in [-0.39, 0.29) is 17.8 Å². The van der Waals surface area contributed by atoms with Gasteiger partial charge in [0.1, 0.15) is 5.82 Å². The van der Waals surface area contributed by atoms with Crippen molar-refractivity contribution in [2.75, 3.05) is 18.4 Å². The first kappa shape index (κ1) is 19.1. The molecule has 1 atom stereocenters. The molecule has 2 amide bonds. The summed E-state index contributed by atoms with van der Waals surface area (Å²) in [5, 5.41) is 6.99. The molecule has 2 aromatic carbocycles. The number of aryl methyl sites for hydroxylation is 2. The molecule has 1 saturated heterocycles. The van der Waals surface area contributed by atoms with Crippen LogP contribution in [0, 0.1) is 19.7 Å². The fourth-order valence-corrected chi connectivity index (χ4v) is 3.50. The van der Waals surface area contributed by atoms with Gasteiger partial charge in [0.05, 0.1) is 5.92 Å². The van der Waals surface area contributed by atoms with Crippen LogP contribution in [0.3, 0.4) is 0 Å². The topological polar surface area (TPSA) is 71.3 Å². The lowest BCUT2D eigenvalue weighted by Crippen LogP contribution is -2.41. The van der Waals surface area contributed by atoms with Crippen LogP contribution in [0.15, 0.2) is 47.0 Å². The molecule has 0 saturated carbocycles. The molecule has 2 heterocycles. The molecule has 1 fully saturated rings. The second-order valence-electron chi connectivity index (χ2n) is 7.48. The highest BCUT2D eigenvalue weighted by Crippen LogP contribution is 2.28. The number of halogens is 1. The van der Waals surface area contributed by atoms with E-state index in [4.69, 9.17) is 4.52 Å². The monoisotopic (exact) mass is 394 g/mol. The number of nitrogens with one attached hydrogen (secondary N) is 1. The number of amides is 2. The Labute approximate surface area is 168 Å². The highest BCUT2D eigenvalue weighted by Gasteiger charge is 2.29. The zero-order valence-corrected chi connectivity index (χ0v) is 16.5. The summed E-state index contributed by atoms with van der Waals surface area (Å²) >= 11 is 0. The van der Waals surface area contributed by atoms with Gasteiger partial charge in [-0.1, -0.05) is 11.2 Å². The number of piperidine rings is 1. The van der Waals surface area contributed by atoms with Crippen molar-refractivity contribution in [2.24, 2.45) is 0 Å². The molecule has 0 bridgehead atoms. The minimum atomic E-state index is -0.310. The van der Waals surface area contributed by atoms with Crippen molar-refractivity contribution < 1.29 is 13.7 Å². The third kappa shape index (κ3) is 4.29. The number of carbonyl (C=O) groups excluding carboxylic acids is 1. The second kappa shape index (κ2) is 8.03. The van der Waals surface area contributed by atoms with Crippen molar-refractivity contribution in [3.05, 3.63) is 65.3 Å². The predicted molar refractivity (Wildman–Crippen MR) is 108 cm³/mol. The van der Waals surface area contributed by atoms with E-state index in [0.29, 0.717) is 30.4 Å². The molecule has 1 unspecified atom stereocenters. The lowest BCUT2D eigenvalue weighted by Gasteiger charge is -2.31. The number of anilines is 1. The van der Waals surface area contributed by atoms with Crippen molar-refractivity contribution in [3.8, 4) is 11.4 Å². The molecule has 6 nitrogen and oxygen atoms in total. The van der Waals surface area contributed by atoms with Gasteiger partial charge in [0.2, 0.25) is 11.7 Å². The molecule has 7 heteroatoms. The van der Waals surface area contributed by atoms with Crippen LogP contribution in [-0.2, 0) is 0 Å². The first-order valence-corrected chi connectivity index (χ1v) is 9.72. The molecule has 29 heavy (non-hydrogen) atoms. The number of rotatable bonds is 3. The molecule has 150 valence electrons. The van der Waals surface area contributed by atoms with Crippen LogP contribution in [-0.4, -0.2) is 34.2 Å². The summed E-state index contributed by atoms with van der Waals surface area (Å²) in [6.45, 7) is 5.27. The fraction of sp³-hybridized carbons (Fsp3) is 0.318. The molecule has 1 N–H and O–H groups in total. The third-order valence-electron chi connectivity index (χ3n) is 5.36. The Hall–Kier alpha value is -3.22. The number of likely N-dealkylation sites (tertiary alicyclic amines) is 1. The standard InChI is InChI=1S/C22H23FN4O2/c1-14-5-10-19(12-15(14)2)24-22(28)27-11-3-4-17(13-27)21-25-20(26-29-21)16-6-8-18(23)9-7-16/h5-10,12,17H,3-4,11,13H2,1-2H3,(H,24,28). The van der Waals surface area contributed by atoms with E-state index in [1.54, 1.807) is 17.0 Å². The quantitative estimate of drug-likeness (QED) is 0.686. The lowest BCUT2D eigenvalue weighted by atomic mass is 9.98. The van der Waals surface area contributed by atoms with Crippen molar-refractivity contribution >= 4 is 11.7 Å². The van der Waals surface area contributed by atoms with Crippen LogP contribution >= 0.6 is 0 Å². The Balaban J connectivity index is 1.43. The molecule has 3 aromatic rings. The van der Waals surface area contributed by atoms with Gasteiger partial charge < -0.3 is 14.7 Å².